The van der Waals surface area contributed by atoms with Gasteiger partial charge in [0, 0.05) is 6.54 Å². The van der Waals surface area contributed by atoms with Crippen molar-refractivity contribution >= 4 is 5.91 Å². The maximum atomic E-state index is 13.1. The fraction of sp³-hybridized carbons (Fsp3) is 0.526. The highest BCUT2D eigenvalue weighted by atomic mass is 16.2. The minimum Gasteiger partial charge on any atom is -0.349 e. The van der Waals surface area contributed by atoms with Crippen LogP contribution in [0, 0.1) is 11.3 Å². The highest BCUT2D eigenvalue weighted by Gasteiger charge is 2.49. The Labute approximate surface area is 148 Å². The van der Waals surface area contributed by atoms with E-state index in [-0.39, 0.29) is 17.4 Å². The van der Waals surface area contributed by atoms with E-state index in [1.807, 2.05) is 24.3 Å². The van der Waals surface area contributed by atoms with Gasteiger partial charge in [-0.3, -0.25) is 4.79 Å². The molecule has 4 rings (SSSR count). The molecule has 0 bridgehead atoms. The van der Waals surface area contributed by atoms with Crippen LogP contribution >= 0.6 is 0 Å². The zero-order valence-corrected chi connectivity index (χ0v) is 14.6. The van der Waals surface area contributed by atoms with E-state index >= 15 is 0 Å². The summed E-state index contributed by atoms with van der Waals surface area (Å²) in [6, 6.07) is 8.10. The van der Waals surface area contributed by atoms with Crippen molar-refractivity contribution in [3.05, 3.63) is 42.5 Å². The highest BCUT2D eigenvalue weighted by molar-refractivity contribution is 5.84. The number of carbonyl (C=O) groups excluding carboxylic acids is 1. The molecule has 2 aliphatic rings. The number of hydrogen-bond acceptors (Lipinski definition) is 4. The summed E-state index contributed by atoms with van der Waals surface area (Å²) in [5.41, 5.74) is 1.87. The van der Waals surface area contributed by atoms with Crippen LogP contribution in [0.5, 0.6) is 0 Å². The Balaban J connectivity index is 1.46. The number of benzene rings is 1. The molecular formula is C19H25N5O. The normalized spacial score (nSPS) is 26.8. The van der Waals surface area contributed by atoms with Gasteiger partial charge < -0.3 is 10.6 Å². The van der Waals surface area contributed by atoms with Gasteiger partial charge in [0.1, 0.15) is 12.7 Å². The second-order valence-corrected chi connectivity index (χ2v) is 7.36. The van der Waals surface area contributed by atoms with Crippen LogP contribution in [-0.2, 0) is 4.79 Å². The summed E-state index contributed by atoms with van der Waals surface area (Å²) in [7, 11) is 0. The van der Waals surface area contributed by atoms with E-state index in [1.165, 1.54) is 19.2 Å². The van der Waals surface area contributed by atoms with Gasteiger partial charge in [-0.05, 0) is 49.9 Å². The van der Waals surface area contributed by atoms with Crippen LogP contribution < -0.4 is 10.6 Å². The largest absolute Gasteiger partial charge is 0.349 e. The monoisotopic (exact) mass is 339 g/mol. The lowest BCUT2D eigenvalue weighted by molar-refractivity contribution is -0.134. The molecule has 6 nitrogen and oxygen atoms in total. The van der Waals surface area contributed by atoms with Crippen molar-refractivity contribution in [2.45, 2.75) is 38.6 Å². The number of nitrogens with one attached hydrogen (secondary N) is 2. The summed E-state index contributed by atoms with van der Waals surface area (Å²) in [5.74, 6) is 0.707. The lowest BCUT2D eigenvalue weighted by Gasteiger charge is -2.38. The van der Waals surface area contributed by atoms with E-state index in [4.69, 9.17) is 0 Å². The van der Waals surface area contributed by atoms with Gasteiger partial charge >= 0.3 is 0 Å². The Bertz CT molecular complexity index is 727. The summed E-state index contributed by atoms with van der Waals surface area (Å²) in [5, 5.41) is 10.8. The van der Waals surface area contributed by atoms with Gasteiger partial charge in [0.2, 0.25) is 5.91 Å². The zero-order valence-electron chi connectivity index (χ0n) is 14.6. The topological polar surface area (TPSA) is 71.8 Å². The Morgan fingerprint density at radius 2 is 2.20 bits per heavy atom. The summed E-state index contributed by atoms with van der Waals surface area (Å²) < 4.78 is 1.73. The minimum absolute atomic E-state index is 0.00477. The highest BCUT2D eigenvalue weighted by Crippen LogP contribution is 2.44. The fourth-order valence-electron chi connectivity index (χ4n) is 4.37. The molecule has 2 fully saturated rings. The van der Waals surface area contributed by atoms with Crippen molar-refractivity contribution in [2.24, 2.45) is 11.3 Å². The standard InChI is InChI=1S/C19H25N5O/c1-14(15-5-7-17(8-6-15)24-13-21-12-22-24)23-18(25)19-9-3-2-4-16(19)10-20-11-19/h5-8,12-14,16,20H,2-4,9-11H2,1H3,(H,23,25)/t14?,16-,19+/m0/s1. The van der Waals surface area contributed by atoms with E-state index in [0.717, 1.165) is 37.2 Å². The predicted molar refractivity (Wildman–Crippen MR) is 95.2 cm³/mol. The number of carbonyl (C=O) groups is 1. The summed E-state index contributed by atoms with van der Waals surface area (Å²) >= 11 is 0. The molecular weight excluding hydrogens is 314 g/mol. The van der Waals surface area contributed by atoms with Gasteiger partial charge in [0.25, 0.3) is 0 Å². The van der Waals surface area contributed by atoms with Gasteiger partial charge in [-0.1, -0.05) is 25.0 Å². The molecule has 1 aliphatic heterocycles. The molecule has 2 N–H and O–H groups in total. The van der Waals surface area contributed by atoms with Crippen LogP contribution in [0.15, 0.2) is 36.9 Å². The van der Waals surface area contributed by atoms with Crippen LogP contribution in [0.3, 0.4) is 0 Å². The molecule has 0 spiro atoms. The maximum absolute atomic E-state index is 13.1. The van der Waals surface area contributed by atoms with Crippen LogP contribution in [0.2, 0.25) is 0 Å². The maximum Gasteiger partial charge on any atom is 0.228 e. The van der Waals surface area contributed by atoms with Crippen LogP contribution in [0.1, 0.15) is 44.2 Å². The average Bonchev–Trinajstić information content (AvgIpc) is 3.32. The van der Waals surface area contributed by atoms with Gasteiger partial charge in [-0.2, -0.15) is 5.10 Å². The molecule has 25 heavy (non-hydrogen) atoms. The Hall–Kier alpha value is -2.21. The van der Waals surface area contributed by atoms with Crippen molar-refractivity contribution in [1.82, 2.24) is 25.4 Å². The second kappa shape index (κ2) is 6.59. The molecule has 2 aromatic rings. The van der Waals surface area contributed by atoms with E-state index in [2.05, 4.69) is 27.6 Å². The van der Waals surface area contributed by atoms with Crippen molar-refractivity contribution in [3.8, 4) is 5.69 Å². The van der Waals surface area contributed by atoms with Crippen molar-refractivity contribution in [2.75, 3.05) is 13.1 Å². The summed E-state index contributed by atoms with van der Waals surface area (Å²) in [6.45, 7) is 3.86. The SMILES string of the molecule is CC(NC(=O)[C@@]12CCCC[C@H]1CNC2)c1ccc(-n2cncn2)cc1. The average molecular weight is 339 g/mol. The number of hydrogen-bond donors (Lipinski definition) is 2. The van der Waals surface area contributed by atoms with Crippen molar-refractivity contribution in [1.29, 1.82) is 0 Å². The molecule has 132 valence electrons. The summed E-state index contributed by atoms with van der Waals surface area (Å²) in [6.07, 6.45) is 7.78. The van der Waals surface area contributed by atoms with Crippen LogP contribution in [0.25, 0.3) is 5.69 Å². The molecule has 3 atom stereocenters. The smallest absolute Gasteiger partial charge is 0.228 e. The first kappa shape index (κ1) is 16.3. The van der Waals surface area contributed by atoms with Crippen LogP contribution in [-0.4, -0.2) is 33.8 Å². The quantitative estimate of drug-likeness (QED) is 0.896. The molecule has 1 saturated heterocycles. The molecule has 6 heteroatoms. The van der Waals surface area contributed by atoms with Crippen molar-refractivity contribution < 1.29 is 4.79 Å². The first-order chi connectivity index (χ1) is 12.2. The van der Waals surface area contributed by atoms with E-state index in [9.17, 15) is 4.79 Å². The van der Waals surface area contributed by atoms with Crippen molar-refractivity contribution in [3.63, 3.8) is 0 Å². The lowest BCUT2D eigenvalue weighted by Crippen LogP contribution is -2.48. The lowest BCUT2D eigenvalue weighted by atomic mass is 9.67. The first-order valence-electron chi connectivity index (χ1n) is 9.16. The molecule has 2 heterocycles. The Kier molecular flexibility index (Phi) is 4.29. The van der Waals surface area contributed by atoms with Crippen LogP contribution in [0.4, 0.5) is 0 Å². The number of aromatic nitrogens is 3. The van der Waals surface area contributed by atoms with Gasteiger partial charge in [-0.25, -0.2) is 9.67 Å². The molecule has 1 aromatic carbocycles. The second-order valence-electron chi connectivity index (χ2n) is 7.36. The van der Waals surface area contributed by atoms with Gasteiger partial charge in [0.15, 0.2) is 0 Å². The van der Waals surface area contributed by atoms with E-state index in [0.29, 0.717) is 5.92 Å². The Morgan fingerprint density at radius 1 is 1.36 bits per heavy atom. The molecule has 1 aromatic heterocycles. The van der Waals surface area contributed by atoms with E-state index < -0.39 is 0 Å². The predicted octanol–water partition coefficient (Wildman–Crippen LogP) is 2.22. The van der Waals surface area contributed by atoms with Gasteiger partial charge in [-0.15, -0.1) is 0 Å². The first-order valence-corrected chi connectivity index (χ1v) is 9.16. The molecule has 1 saturated carbocycles. The Morgan fingerprint density at radius 3 is 2.96 bits per heavy atom. The summed E-state index contributed by atoms with van der Waals surface area (Å²) in [4.78, 5) is 17.0. The third-order valence-corrected chi connectivity index (χ3v) is 5.91. The molecule has 1 aliphatic carbocycles. The number of rotatable bonds is 4. The molecule has 1 amide bonds. The zero-order chi connectivity index (χ0) is 17.3. The number of nitrogens with zero attached hydrogens (tertiary/aromatic N) is 3. The molecule has 1 unspecified atom stereocenters. The molecule has 0 radical (unpaired) electrons. The third-order valence-electron chi connectivity index (χ3n) is 5.91. The third kappa shape index (κ3) is 2.95. The van der Waals surface area contributed by atoms with Gasteiger partial charge in [0.05, 0.1) is 17.1 Å². The fourth-order valence-corrected chi connectivity index (χ4v) is 4.37. The minimum atomic E-state index is -0.201. The number of fused-ring (bicyclic) bond motifs is 1. The van der Waals surface area contributed by atoms with E-state index in [1.54, 1.807) is 11.0 Å². The number of amides is 1.